The van der Waals surface area contributed by atoms with Gasteiger partial charge in [0.25, 0.3) is 0 Å². The number of hydrogen-bond acceptors (Lipinski definition) is 3. The van der Waals surface area contributed by atoms with E-state index in [9.17, 15) is 4.79 Å². The normalized spacial score (nSPS) is 15.0. The first-order valence-corrected chi connectivity index (χ1v) is 8.24. The molecule has 0 atom stereocenters. The third-order valence-electron chi connectivity index (χ3n) is 3.59. The monoisotopic (exact) mass is 348 g/mol. The average Bonchev–Trinajstić information content (AvgIpc) is 2.48. The maximum Gasteiger partial charge on any atom is 0.222 e. The van der Waals surface area contributed by atoms with E-state index in [0.717, 1.165) is 22.7 Å². The van der Waals surface area contributed by atoms with E-state index in [0.29, 0.717) is 25.4 Å². The molecular weight excluding hydrogens is 332 g/mol. The summed E-state index contributed by atoms with van der Waals surface area (Å²) in [5, 5.41) is 1.97. The number of alkyl halides is 1. The van der Waals surface area contributed by atoms with Crippen molar-refractivity contribution in [1.82, 2.24) is 9.88 Å². The molecule has 1 aromatic heterocycles. The van der Waals surface area contributed by atoms with Gasteiger partial charge in [-0.15, -0.1) is 0 Å². The van der Waals surface area contributed by atoms with Gasteiger partial charge in [-0.1, -0.05) is 34.1 Å². The van der Waals surface area contributed by atoms with Gasteiger partial charge < -0.3 is 9.64 Å². The minimum absolute atomic E-state index is 0.0617. The molecule has 0 saturated carbocycles. The number of aromatic nitrogens is 1. The van der Waals surface area contributed by atoms with Gasteiger partial charge in [0.1, 0.15) is 6.10 Å². The van der Waals surface area contributed by atoms with Crippen LogP contribution < -0.4 is 4.74 Å². The van der Waals surface area contributed by atoms with Gasteiger partial charge >= 0.3 is 0 Å². The van der Waals surface area contributed by atoms with Crippen molar-refractivity contribution in [3.8, 4) is 5.88 Å². The first-order valence-electron chi connectivity index (χ1n) is 7.12. The highest BCUT2D eigenvalue weighted by atomic mass is 79.9. The predicted molar refractivity (Wildman–Crippen MR) is 85.8 cm³/mol. The molecule has 2 aromatic rings. The summed E-state index contributed by atoms with van der Waals surface area (Å²) >= 11 is 3.34. The lowest BCUT2D eigenvalue weighted by molar-refractivity contribution is -0.140. The molecule has 1 aliphatic heterocycles. The van der Waals surface area contributed by atoms with Crippen molar-refractivity contribution in [2.24, 2.45) is 0 Å². The number of ether oxygens (including phenoxy) is 1. The van der Waals surface area contributed by atoms with Crippen LogP contribution in [0.3, 0.4) is 0 Å². The van der Waals surface area contributed by atoms with Crippen molar-refractivity contribution in [3.05, 3.63) is 36.4 Å². The number of hydrogen-bond donors (Lipinski definition) is 0. The van der Waals surface area contributed by atoms with Gasteiger partial charge in [-0.3, -0.25) is 4.79 Å². The SMILES string of the molecule is O=C(CCCBr)N1CC(Oc2ccc3ccccc3n2)C1. The molecule has 0 N–H and O–H groups in total. The number of para-hydroxylation sites is 1. The molecule has 2 heterocycles. The van der Waals surface area contributed by atoms with Crippen LogP contribution in [0.25, 0.3) is 10.9 Å². The summed E-state index contributed by atoms with van der Waals surface area (Å²) in [5.41, 5.74) is 0.930. The van der Waals surface area contributed by atoms with Gasteiger partial charge in [0.2, 0.25) is 11.8 Å². The molecule has 1 saturated heterocycles. The summed E-state index contributed by atoms with van der Waals surface area (Å²) in [4.78, 5) is 18.1. The fraction of sp³-hybridized carbons (Fsp3) is 0.375. The van der Waals surface area contributed by atoms with Crippen LogP contribution in [0.2, 0.25) is 0 Å². The lowest BCUT2D eigenvalue weighted by Crippen LogP contribution is -2.56. The number of nitrogens with zero attached hydrogens (tertiary/aromatic N) is 2. The molecule has 5 heteroatoms. The molecule has 1 amide bonds. The lowest BCUT2D eigenvalue weighted by atomic mass is 10.1. The third kappa shape index (κ3) is 3.35. The van der Waals surface area contributed by atoms with Crippen LogP contribution in [0.5, 0.6) is 5.88 Å². The summed E-state index contributed by atoms with van der Waals surface area (Å²) in [5.74, 6) is 0.840. The summed E-state index contributed by atoms with van der Waals surface area (Å²) in [6.45, 7) is 1.32. The van der Waals surface area contributed by atoms with E-state index in [2.05, 4.69) is 20.9 Å². The summed E-state index contributed by atoms with van der Waals surface area (Å²) in [6, 6.07) is 11.9. The zero-order chi connectivity index (χ0) is 14.7. The highest BCUT2D eigenvalue weighted by Crippen LogP contribution is 2.20. The Kier molecular flexibility index (Phi) is 4.39. The van der Waals surface area contributed by atoms with Gasteiger partial charge in [-0.2, -0.15) is 0 Å². The van der Waals surface area contributed by atoms with Crippen molar-refractivity contribution in [3.63, 3.8) is 0 Å². The fourth-order valence-electron chi connectivity index (χ4n) is 2.38. The van der Waals surface area contributed by atoms with Crippen LogP contribution in [0.15, 0.2) is 36.4 Å². The standard InChI is InChI=1S/C16H17BrN2O2/c17-9-3-6-16(20)19-10-13(11-19)21-15-8-7-12-4-1-2-5-14(12)18-15/h1-2,4-5,7-8,13H,3,6,9-11H2. The van der Waals surface area contributed by atoms with E-state index in [1.807, 2.05) is 41.3 Å². The Morgan fingerprint density at radius 2 is 2.10 bits per heavy atom. The topological polar surface area (TPSA) is 42.4 Å². The van der Waals surface area contributed by atoms with Gasteiger partial charge in [-0.05, 0) is 18.6 Å². The Morgan fingerprint density at radius 1 is 1.29 bits per heavy atom. The van der Waals surface area contributed by atoms with Crippen molar-refractivity contribution in [2.45, 2.75) is 18.9 Å². The Labute approximate surface area is 132 Å². The molecule has 1 aliphatic rings. The number of halogens is 1. The average molecular weight is 349 g/mol. The zero-order valence-corrected chi connectivity index (χ0v) is 13.3. The minimum atomic E-state index is 0.0617. The number of carbonyl (C=O) groups excluding carboxylic acids is 1. The highest BCUT2D eigenvalue weighted by Gasteiger charge is 2.31. The minimum Gasteiger partial charge on any atom is -0.471 e. The summed E-state index contributed by atoms with van der Waals surface area (Å²) in [7, 11) is 0. The number of benzene rings is 1. The van der Waals surface area contributed by atoms with Crippen LogP contribution in [-0.2, 0) is 4.79 Å². The van der Waals surface area contributed by atoms with Crippen molar-refractivity contribution in [2.75, 3.05) is 18.4 Å². The number of fused-ring (bicyclic) bond motifs is 1. The molecular formula is C16H17BrN2O2. The molecule has 1 fully saturated rings. The zero-order valence-electron chi connectivity index (χ0n) is 11.7. The van der Waals surface area contributed by atoms with Crippen LogP contribution in [0.4, 0.5) is 0 Å². The Balaban J connectivity index is 1.54. The summed E-state index contributed by atoms with van der Waals surface area (Å²) in [6.07, 6.45) is 1.55. The number of amides is 1. The second-order valence-electron chi connectivity index (χ2n) is 5.17. The van der Waals surface area contributed by atoms with Crippen molar-refractivity contribution >= 4 is 32.7 Å². The van der Waals surface area contributed by atoms with Gasteiger partial charge in [-0.25, -0.2) is 4.98 Å². The molecule has 21 heavy (non-hydrogen) atoms. The molecule has 3 rings (SSSR count). The van der Waals surface area contributed by atoms with Crippen LogP contribution >= 0.6 is 15.9 Å². The molecule has 0 radical (unpaired) electrons. The van der Waals surface area contributed by atoms with Crippen molar-refractivity contribution < 1.29 is 9.53 Å². The first kappa shape index (κ1) is 14.3. The van der Waals surface area contributed by atoms with Crippen LogP contribution in [-0.4, -0.2) is 40.3 Å². The second-order valence-corrected chi connectivity index (χ2v) is 5.97. The maximum absolute atomic E-state index is 11.8. The number of rotatable bonds is 5. The van der Waals surface area contributed by atoms with E-state index >= 15 is 0 Å². The van der Waals surface area contributed by atoms with E-state index in [4.69, 9.17) is 4.74 Å². The van der Waals surface area contributed by atoms with Gasteiger partial charge in [0, 0.05) is 23.2 Å². The molecule has 4 nitrogen and oxygen atoms in total. The number of pyridine rings is 1. The molecule has 0 aliphatic carbocycles. The fourth-order valence-corrected chi connectivity index (χ4v) is 2.66. The van der Waals surface area contributed by atoms with E-state index in [1.165, 1.54) is 0 Å². The van der Waals surface area contributed by atoms with E-state index < -0.39 is 0 Å². The highest BCUT2D eigenvalue weighted by molar-refractivity contribution is 9.09. The molecule has 1 aromatic carbocycles. The molecule has 110 valence electrons. The van der Waals surface area contributed by atoms with Crippen molar-refractivity contribution in [1.29, 1.82) is 0 Å². The number of likely N-dealkylation sites (tertiary alicyclic amines) is 1. The largest absolute Gasteiger partial charge is 0.471 e. The van der Waals surface area contributed by atoms with Gasteiger partial charge in [0.15, 0.2) is 0 Å². The van der Waals surface area contributed by atoms with E-state index in [1.54, 1.807) is 0 Å². The Bertz CT molecular complexity index is 641. The Morgan fingerprint density at radius 3 is 2.90 bits per heavy atom. The summed E-state index contributed by atoms with van der Waals surface area (Å²) < 4.78 is 5.83. The molecule has 0 unspecified atom stereocenters. The third-order valence-corrected chi connectivity index (χ3v) is 4.15. The van der Waals surface area contributed by atoms with Gasteiger partial charge in [0.05, 0.1) is 18.6 Å². The second kappa shape index (κ2) is 6.43. The number of carbonyl (C=O) groups is 1. The predicted octanol–water partition coefficient (Wildman–Crippen LogP) is 3.00. The molecule has 0 spiro atoms. The first-order chi connectivity index (χ1) is 10.3. The smallest absolute Gasteiger partial charge is 0.222 e. The maximum atomic E-state index is 11.8. The molecule has 0 bridgehead atoms. The van der Waals surface area contributed by atoms with Crippen LogP contribution in [0, 0.1) is 0 Å². The Hall–Kier alpha value is -1.62. The van der Waals surface area contributed by atoms with E-state index in [-0.39, 0.29) is 12.0 Å². The lowest BCUT2D eigenvalue weighted by Gasteiger charge is -2.38. The quantitative estimate of drug-likeness (QED) is 0.780. The van der Waals surface area contributed by atoms with Crippen LogP contribution in [0.1, 0.15) is 12.8 Å².